The highest BCUT2D eigenvalue weighted by Gasteiger charge is 2.26. The first kappa shape index (κ1) is 16.4. The number of hydrogen-bond donors (Lipinski definition) is 0. The van der Waals surface area contributed by atoms with Crippen LogP contribution in [-0.4, -0.2) is 43.1 Å². The molecule has 126 valence electrons. The monoisotopic (exact) mass is 324 g/mol. The Morgan fingerprint density at radius 1 is 1.00 bits per heavy atom. The van der Waals surface area contributed by atoms with Gasteiger partial charge in [0.25, 0.3) is 5.91 Å². The Labute approximate surface area is 143 Å². The molecule has 0 spiro atoms. The van der Waals surface area contributed by atoms with E-state index in [9.17, 15) is 4.79 Å². The fourth-order valence-electron chi connectivity index (χ4n) is 3.02. The van der Waals surface area contributed by atoms with Crippen molar-refractivity contribution in [2.24, 2.45) is 0 Å². The summed E-state index contributed by atoms with van der Waals surface area (Å²) >= 11 is 0. The average molecular weight is 324 g/mol. The van der Waals surface area contributed by atoms with Gasteiger partial charge in [-0.1, -0.05) is 30.3 Å². The Morgan fingerprint density at radius 3 is 2.38 bits per heavy atom. The van der Waals surface area contributed by atoms with Crippen LogP contribution < -0.4 is 9.64 Å². The lowest BCUT2D eigenvalue weighted by Gasteiger charge is -2.37. The van der Waals surface area contributed by atoms with Crippen molar-refractivity contribution in [2.45, 2.75) is 20.0 Å². The highest BCUT2D eigenvalue weighted by molar-refractivity contribution is 5.81. The maximum absolute atomic E-state index is 12.6. The quantitative estimate of drug-likeness (QED) is 0.866. The van der Waals surface area contributed by atoms with E-state index < -0.39 is 6.10 Å². The predicted molar refractivity (Wildman–Crippen MR) is 96.5 cm³/mol. The van der Waals surface area contributed by atoms with Gasteiger partial charge in [0.05, 0.1) is 0 Å². The molecule has 0 N–H and O–H groups in total. The first-order chi connectivity index (χ1) is 11.6. The number of piperazine rings is 1. The second kappa shape index (κ2) is 7.39. The van der Waals surface area contributed by atoms with Gasteiger partial charge in [0.2, 0.25) is 0 Å². The molecule has 24 heavy (non-hydrogen) atoms. The van der Waals surface area contributed by atoms with Gasteiger partial charge in [-0.2, -0.15) is 0 Å². The predicted octanol–water partition coefficient (Wildman–Crippen LogP) is 3.11. The summed E-state index contributed by atoms with van der Waals surface area (Å²) in [7, 11) is 0. The molecule has 1 saturated heterocycles. The normalized spacial score (nSPS) is 15.9. The summed E-state index contributed by atoms with van der Waals surface area (Å²) < 4.78 is 5.75. The third-order valence-electron chi connectivity index (χ3n) is 4.36. The van der Waals surface area contributed by atoms with E-state index in [1.807, 2.05) is 42.2 Å². The van der Waals surface area contributed by atoms with Crippen LogP contribution in [0.15, 0.2) is 54.6 Å². The zero-order chi connectivity index (χ0) is 16.9. The molecular formula is C20H24N2O2. The molecular weight excluding hydrogens is 300 g/mol. The minimum absolute atomic E-state index is 0.0581. The van der Waals surface area contributed by atoms with Crippen LogP contribution >= 0.6 is 0 Å². The van der Waals surface area contributed by atoms with Gasteiger partial charge >= 0.3 is 0 Å². The average Bonchev–Trinajstić information content (AvgIpc) is 2.62. The number of aryl methyl sites for hydroxylation is 1. The lowest BCUT2D eigenvalue weighted by molar-refractivity contribution is -0.138. The number of ether oxygens (including phenoxy) is 1. The Kier molecular flexibility index (Phi) is 5.04. The van der Waals surface area contributed by atoms with Crippen LogP contribution in [0.2, 0.25) is 0 Å². The van der Waals surface area contributed by atoms with Crippen molar-refractivity contribution in [1.82, 2.24) is 4.90 Å². The van der Waals surface area contributed by atoms with Crippen molar-refractivity contribution in [3.05, 3.63) is 60.2 Å². The summed E-state index contributed by atoms with van der Waals surface area (Å²) in [6.07, 6.45) is -0.460. The smallest absolute Gasteiger partial charge is 0.263 e. The van der Waals surface area contributed by atoms with Gasteiger partial charge in [-0.25, -0.2) is 0 Å². The molecule has 4 nitrogen and oxygen atoms in total. The third-order valence-corrected chi connectivity index (χ3v) is 4.36. The van der Waals surface area contributed by atoms with E-state index in [-0.39, 0.29) is 5.91 Å². The number of para-hydroxylation sites is 1. The maximum Gasteiger partial charge on any atom is 0.263 e. The van der Waals surface area contributed by atoms with Crippen LogP contribution in [-0.2, 0) is 4.79 Å². The standard InChI is InChI=1S/C20H24N2O2/c1-16-7-6-8-18(15-16)21-11-13-22(14-12-21)20(23)17(2)24-19-9-4-3-5-10-19/h3-10,15,17H,11-14H2,1-2H3. The van der Waals surface area contributed by atoms with E-state index in [2.05, 4.69) is 36.1 Å². The van der Waals surface area contributed by atoms with Crippen molar-refractivity contribution in [3.8, 4) is 5.75 Å². The van der Waals surface area contributed by atoms with E-state index in [1.165, 1.54) is 11.3 Å². The van der Waals surface area contributed by atoms with Crippen LogP contribution in [0.3, 0.4) is 0 Å². The lowest BCUT2D eigenvalue weighted by atomic mass is 10.2. The molecule has 1 heterocycles. The summed E-state index contributed by atoms with van der Waals surface area (Å²) in [5, 5.41) is 0. The highest BCUT2D eigenvalue weighted by Crippen LogP contribution is 2.19. The van der Waals surface area contributed by atoms with E-state index >= 15 is 0 Å². The minimum atomic E-state index is -0.460. The lowest BCUT2D eigenvalue weighted by Crippen LogP contribution is -2.52. The summed E-state index contributed by atoms with van der Waals surface area (Å²) in [5.74, 6) is 0.791. The second-order valence-corrected chi connectivity index (χ2v) is 6.22. The SMILES string of the molecule is Cc1cccc(N2CCN(C(=O)C(C)Oc3ccccc3)CC2)c1. The van der Waals surface area contributed by atoms with Crippen molar-refractivity contribution < 1.29 is 9.53 Å². The van der Waals surface area contributed by atoms with E-state index in [0.717, 1.165) is 31.9 Å². The molecule has 1 fully saturated rings. The number of anilines is 1. The highest BCUT2D eigenvalue weighted by atomic mass is 16.5. The Balaban J connectivity index is 1.55. The fourth-order valence-corrected chi connectivity index (χ4v) is 3.02. The minimum Gasteiger partial charge on any atom is -0.481 e. The molecule has 1 aliphatic rings. The molecule has 1 unspecified atom stereocenters. The van der Waals surface area contributed by atoms with Gasteiger partial charge in [0.15, 0.2) is 6.10 Å². The maximum atomic E-state index is 12.6. The number of carbonyl (C=O) groups is 1. The number of amides is 1. The molecule has 1 aliphatic heterocycles. The largest absolute Gasteiger partial charge is 0.481 e. The molecule has 0 bridgehead atoms. The van der Waals surface area contributed by atoms with Crippen LogP contribution in [0.1, 0.15) is 12.5 Å². The third kappa shape index (κ3) is 3.88. The Hall–Kier alpha value is -2.49. The number of rotatable bonds is 4. The molecule has 0 aromatic heterocycles. The van der Waals surface area contributed by atoms with Crippen LogP contribution in [0.25, 0.3) is 0 Å². The second-order valence-electron chi connectivity index (χ2n) is 6.22. The molecule has 1 amide bonds. The first-order valence-corrected chi connectivity index (χ1v) is 8.45. The molecule has 1 atom stereocenters. The summed E-state index contributed by atoms with van der Waals surface area (Å²) in [5.41, 5.74) is 2.49. The molecule has 4 heteroatoms. The van der Waals surface area contributed by atoms with Crippen molar-refractivity contribution in [1.29, 1.82) is 0 Å². The fraction of sp³-hybridized carbons (Fsp3) is 0.350. The van der Waals surface area contributed by atoms with E-state index in [0.29, 0.717) is 0 Å². The van der Waals surface area contributed by atoms with Crippen LogP contribution in [0.4, 0.5) is 5.69 Å². The van der Waals surface area contributed by atoms with Gasteiger partial charge in [0, 0.05) is 31.9 Å². The molecule has 3 rings (SSSR count). The number of carbonyl (C=O) groups excluding carboxylic acids is 1. The molecule has 2 aromatic rings. The van der Waals surface area contributed by atoms with Crippen molar-refractivity contribution in [2.75, 3.05) is 31.1 Å². The summed E-state index contributed by atoms with van der Waals surface area (Å²) in [6.45, 7) is 7.10. The molecule has 0 aliphatic carbocycles. The molecule has 2 aromatic carbocycles. The van der Waals surface area contributed by atoms with Gasteiger partial charge in [-0.15, -0.1) is 0 Å². The number of nitrogens with zero attached hydrogens (tertiary/aromatic N) is 2. The van der Waals surface area contributed by atoms with Crippen LogP contribution in [0, 0.1) is 6.92 Å². The number of hydrogen-bond acceptors (Lipinski definition) is 3. The Morgan fingerprint density at radius 2 is 1.71 bits per heavy atom. The first-order valence-electron chi connectivity index (χ1n) is 8.45. The van der Waals surface area contributed by atoms with Gasteiger partial charge in [-0.05, 0) is 43.7 Å². The van der Waals surface area contributed by atoms with Crippen molar-refractivity contribution in [3.63, 3.8) is 0 Å². The van der Waals surface area contributed by atoms with Crippen LogP contribution in [0.5, 0.6) is 5.75 Å². The van der Waals surface area contributed by atoms with Gasteiger partial charge in [0.1, 0.15) is 5.75 Å². The summed E-state index contributed by atoms with van der Waals surface area (Å²) in [6, 6.07) is 18.0. The zero-order valence-corrected chi connectivity index (χ0v) is 14.3. The van der Waals surface area contributed by atoms with Gasteiger partial charge < -0.3 is 14.5 Å². The zero-order valence-electron chi connectivity index (χ0n) is 14.3. The Bertz CT molecular complexity index is 679. The number of benzene rings is 2. The summed E-state index contributed by atoms with van der Waals surface area (Å²) in [4.78, 5) is 16.8. The van der Waals surface area contributed by atoms with Gasteiger partial charge in [-0.3, -0.25) is 4.79 Å². The van der Waals surface area contributed by atoms with Crippen molar-refractivity contribution >= 4 is 11.6 Å². The molecule has 0 saturated carbocycles. The topological polar surface area (TPSA) is 32.8 Å². The van der Waals surface area contributed by atoms with E-state index in [1.54, 1.807) is 0 Å². The molecule has 0 radical (unpaired) electrons. The van der Waals surface area contributed by atoms with E-state index in [4.69, 9.17) is 4.74 Å².